The van der Waals surface area contributed by atoms with Crippen molar-refractivity contribution in [2.75, 3.05) is 6.61 Å². The summed E-state index contributed by atoms with van der Waals surface area (Å²) in [5.41, 5.74) is 3.34. The smallest absolute Gasteiger partial charge is 0.140 e. The van der Waals surface area contributed by atoms with Gasteiger partial charge in [-0.15, -0.1) is 0 Å². The van der Waals surface area contributed by atoms with E-state index in [1.165, 1.54) is 0 Å². The molecule has 0 aliphatic heterocycles. The van der Waals surface area contributed by atoms with Crippen molar-refractivity contribution in [3.8, 4) is 17.1 Å². The summed E-state index contributed by atoms with van der Waals surface area (Å²) in [6.45, 7) is 5.09. The molecule has 0 saturated carbocycles. The highest BCUT2D eigenvalue weighted by Gasteiger charge is 2.12. The molecule has 0 N–H and O–H groups in total. The fraction of sp³-hybridized carbons (Fsp3) is 0.333. The number of nitrogens with zero attached hydrogens (tertiary/aromatic N) is 2. The molecular formula is C24H27BrN2O2. The Labute approximate surface area is 181 Å². The summed E-state index contributed by atoms with van der Waals surface area (Å²) in [6, 6.07) is 16.4. The second kappa shape index (κ2) is 10.4. The van der Waals surface area contributed by atoms with Crippen molar-refractivity contribution in [3.05, 3.63) is 70.5 Å². The minimum Gasteiger partial charge on any atom is -0.493 e. The maximum atomic E-state index is 11.0. The number of carbonyl (C=O) groups excluding carboxylic acids is 1. The molecule has 0 amide bonds. The Hall–Kier alpha value is -2.40. The predicted octanol–water partition coefficient (Wildman–Crippen LogP) is 6.20. The van der Waals surface area contributed by atoms with Gasteiger partial charge in [0, 0.05) is 33.9 Å². The van der Waals surface area contributed by atoms with E-state index < -0.39 is 0 Å². The van der Waals surface area contributed by atoms with Crippen molar-refractivity contribution in [2.45, 2.75) is 46.1 Å². The van der Waals surface area contributed by atoms with Gasteiger partial charge in [0.25, 0.3) is 0 Å². The maximum Gasteiger partial charge on any atom is 0.140 e. The Balaban J connectivity index is 1.69. The topological polar surface area (TPSA) is 44.1 Å². The summed E-state index contributed by atoms with van der Waals surface area (Å²) < 4.78 is 9.34. The Kier molecular flexibility index (Phi) is 7.64. The van der Waals surface area contributed by atoms with Gasteiger partial charge >= 0.3 is 0 Å². The first kappa shape index (κ1) is 21.3. The number of ketones is 1. The minimum absolute atomic E-state index is 0.258. The van der Waals surface area contributed by atoms with Crippen LogP contribution in [0.3, 0.4) is 0 Å². The first-order valence-electron chi connectivity index (χ1n) is 10.0. The predicted molar refractivity (Wildman–Crippen MR) is 120 cm³/mol. The number of ether oxygens (including phenoxy) is 1. The number of unbranched alkanes of at least 4 members (excludes halogenated alkanes) is 2. The number of halogens is 1. The Morgan fingerprint density at radius 2 is 1.83 bits per heavy atom. The van der Waals surface area contributed by atoms with Crippen molar-refractivity contribution in [3.63, 3.8) is 0 Å². The molecule has 0 saturated heterocycles. The lowest BCUT2D eigenvalue weighted by Gasteiger charge is -2.15. The molecule has 1 heterocycles. The number of hydrogen-bond donors (Lipinski definition) is 0. The number of benzene rings is 2. The van der Waals surface area contributed by atoms with Gasteiger partial charge in [-0.25, -0.2) is 4.98 Å². The third kappa shape index (κ3) is 6.04. The SMILES string of the molecule is CC(=O)CCCCCOc1ccccc1Cn1c(C)cnc1-c1ccc(Br)cc1. The fourth-order valence-corrected chi connectivity index (χ4v) is 3.53. The molecule has 3 aromatic rings. The van der Waals surface area contributed by atoms with Crippen LogP contribution in [-0.2, 0) is 11.3 Å². The van der Waals surface area contributed by atoms with E-state index in [0.717, 1.165) is 52.1 Å². The van der Waals surface area contributed by atoms with Crippen molar-refractivity contribution < 1.29 is 9.53 Å². The van der Waals surface area contributed by atoms with Crippen LogP contribution < -0.4 is 4.74 Å². The van der Waals surface area contributed by atoms with Crippen LogP contribution in [0.2, 0.25) is 0 Å². The lowest BCUT2D eigenvalue weighted by atomic mass is 10.1. The van der Waals surface area contributed by atoms with Crippen molar-refractivity contribution in [1.29, 1.82) is 0 Å². The van der Waals surface area contributed by atoms with Crippen molar-refractivity contribution in [1.82, 2.24) is 9.55 Å². The summed E-state index contributed by atoms with van der Waals surface area (Å²) in [5.74, 6) is 2.12. The Morgan fingerprint density at radius 1 is 1.07 bits per heavy atom. The lowest BCUT2D eigenvalue weighted by Crippen LogP contribution is -2.07. The number of hydrogen-bond acceptors (Lipinski definition) is 3. The number of carbonyl (C=O) groups is 1. The minimum atomic E-state index is 0.258. The second-order valence-electron chi connectivity index (χ2n) is 7.29. The largest absolute Gasteiger partial charge is 0.493 e. The Bertz CT molecular complexity index is 948. The van der Waals surface area contributed by atoms with Gasteiger partial charge in [-0.3, -0.25) is 0 Å². The molecule has 2 aromatic carbocycles. The zero-order chi connectivity index (χ0) is 20.6. The monoisotopic (exact) mass is 454 g/mol. The summed E-state index contributed by atoms with van der Waals surface area (Å²) in [5, 5.41) is 0. The molecule has 0 bridgehead atoms. The van der Waals surface area contributed by atoms with Gasteiger partial charge in [0.2, 0.25) is 0 Å². The summed E-state index contributed by atoms with van der Waals surface area (Å²) in [4.78, 5) is 15.7. The van der Waals surface area contributed by atoms with E-state index >= 15 is 0 Å². The van der Waals surface area contributed by atoms with Crippen LogP contribution in [0.1, 0.15) is 43.9 Å². The quantitative estimate of drug-likeness (QED) is 0.342. The van der Waals surface area contributed by atoms with Gasteiger partial charge in [0.15, 0.2) is 0 Å². The van der Waals surface area contributed by atoms with Gasteiger partial charge in [-0.1, -0.05) is 46.3 Å². The van der Waals surface area contributed by atoms with E-state index in [2.05, 4.69) is 50.6 Å². The third-order valence-electron chi connectivity index (χ3n) is 4.89. The van der Waals surface area contributed by atoms with Crippen LogP contribution >= 0.6 is 15.9 Å². The van der Waals surface area contributed by atoms with Crippen LogP contribution in [0.5, 0.6) is 5.75 Å². The summed E-state index contributed by atoms with van der Waals surface area (Å²) in [6.07, 6.45) is 5.47. The number of imidazole rings is 1. The van der Waals surface area contributed by atoms with Crippen LogP contribution in [0, 0.1) is 6.92 Å². The number of para-hydroxylation sites is 1. The molecule has 4 nitrogen and oxygen atoms in total. The van der Waals surface area contributed by atoms with Crippen LogP contribution in [-0.4, -0.2) is 21.9 Å². The molecule has 0 fully saturated rings. The molecule has 0 atom stereocenters. The summed E-state index contributed by atoms with van der Waals surface area (Å²) in [7, 11) is 0. The van der Waals surface area contributed by atoms with Gasteiger partial charge < -0.3 is 14.1 Å². The van der Waals surface area contributed by atoms with E-state index in [9.17, 15) is 4.79 Å². The average Bonchev–Trinajstić information content (AvgIpc) is 3.06. The van der Waals surface area contributed by atoms with Crippen LogP contribution in [0.4, 0.5) is 0 Å². The molecule has 0 radical (unpaired) electrons. The molecule has 152 valence electrons. The first-order valence-corrected chi connectivity index (χ1v) is 10.8. The highest BCUT2D eigenvalue weighted by atomic mass is 79.9. The second-order valence-corrected chi connectivity index (χ2v) is 8.20. The number of Topliss-reactive ketones (excluding diaryl/α,β-unsaturated/α-hetero) is 1. The van der Waals surface area contributed by atoms with E-state index in [0.29, 0.717) is 19.6 Å². The van der Waals surface area contributed by atoms with Gasteiger partial charge in [-0.05, 0) is 51.3 Å². The van der Waals surface area contributed by atoms with Gasteiger partial charge in [-0.2, -0.15) is 0 Å². The molecule has 3 rings (SSSR count). The molecular weight excluding hydrogens is 428 g/mol. The maximum absolute atomic E-state index is 11.0. The molecule has 0 unspecified atom stereocenters. The van der Waals surface area contributed by atoms with E-state index in [1.54, 1.807) is 6.92 Å². The lowest BCUT2D eigenvalue weighted by molar-refractivity contribution is -0.117. The zero-order valence-corrected chi connectivity index (χ0v) is 18.6. The molecule has 29 heavy (non-hydrogen) atoms. The normalized spacial score (nSPS) is 10.9. The highest BCUT2D eigenvalue weighted by molar-refractivity contribution is 9.10. The fourth-order valence-electron chi connectivity index (χ4n) is 3.27. The number of aromatic nitrogens is 2. The Morgan fingerprint density at radius 3 is 2.59 bits per heavy atom. The molecule has 0 spiro atoms. The highest BCUT2D eigenvalue weighted by Crippen LogP contribution is 2.26. The molecule has 1 aromatic heterocycles. The van der Waals surface area contributed by atoms with E-state index in [1.807, 2.05) is 36.5 Å². The number of aryl methyl sites for hydroxylation is 1. The van der Waals surface area contributed by atoms with Crippen molar-refractivity contribution in [2.24, 2.45) is 0 Å². The van der Waals surface area contributed by atoms with E-state index in [-0.39, 0.29) is 5.78 Å². The zero-order valence-electron chi connectivity index (χ0n) is 17.0. The van der Waals surface area contributed by atoms with Crippen LogP contribution in [0.25, 0.3) is 11.4 Å². The third-order valence-corrected chi connectivity index (χ3v) is 5.42. The molecule has 0 aliphatic carbocycles. The number of rotatable bonds is 10. The van der Waals surface area contributed by atoms with Gasteiger partial charge in [0.05, 0.1) is 13.2 Å². The van der Waals surface area contributed by atoms with Crippen LogP contribution in [0.15, 0.2) is 59.2 Å². The average molecular weight is 455 g/mol. The summed E-state index contributed by atoms with van der Waals surface area (Å²) >= 11 is 3.49. The van der Waals surface area contributed by atoms with Gasteiger partial charge in [0.1, 0.15) is 17.4 Å². The molecule has 5 heteroatoms. The van der Waals surface area contributed by atoms with E-state index in [4.69, 9.17) is 4.74 Å². The first-order chi connectivity index (χ1) is 14.0. The standard InChI is InChI=1S/C24H27BrN2O2/c1-18-16-26-24(20-11-13-22(25)14-12-20)27(18)17-21-9-5-6-10-23(21)29-15-7-3-4-8-19(2)28/h5-6,9-14,16H,3-4,7-8,15,17H2,1-2H3. The molecule has 0 aliphatic rings. The van der Waals surface area contributed by atoms with Crippen molar-refractivity contribution >= 4 is 21.7 Å².